The molecule has 2 atom stereocenters. The molecule has 6 N–H and O–H groups in total. The molecule has 2 aliphatic heterocycles. The summed E-state index contributed by atoms with van der Waals surface area (Å²) in [7, 11) is 3.01. The van der Waals surface area contributed by atoms with Crippen LogP contribution in [0.1, 0.15) is 59.5 Å². The zero-order valence-corrected chi connectivity index (χ0v) is 33.6. The molecule has 2 aliphatic carbocycles. The molecule has 2 saturated carbocycles. The molecule has 356 valence electrons. The van der Waals surface area contributed by atoms with Crippen LogP contribution in [0.2, 0.25) is 0 Å². The largest absolute Gasteiger partial charge is 0.434 e. The number of hydrogen-bond donors (Lipinski definition) is 6. The summed E-state index contributed by atoms with van der Waals surface area (Å²) < 4.78 is 145. The van der Waals surface area contributed by atoms with Crippen LogP contribution in [0.5, 0.6) is 0 Å². The summed E-state index contributed by atoms with van der Waals surface area (Å²) in [4.78, 5) is 68.3. The number of aromatic nitrogens is 2. The van der Waals surface area contributed by atoms with E-state index in [1.807, 2.05) is 0 Å². The molecule has 2 aromatic rings. The van der Waals surface area contributed by atoms with Crippen molar-refractivity contribution >= 4 is 41.1 Å². The van der Waals surface area contributed by atoms with Gasteiger partial charge in [0.15, 0.2) is 0 Å². The monoisotopic (exact) mass is 938 g/mol. The van der Waals surface area contributed by atoms with Gasteiger partial charge in [-0.3, -0.25) is 19.2 Å². The smallest absolute Gasteiger partial charge is 0.426 e. The molecule has 64 heavy (non-hydrogen) atoms. The third-order valence-electron chi connectivity index (χ3n) is 11.0. The molecule has 5 amide bonds. The first-order valence-corrected chi connectivity index (χ1v) is 19.2. The van der Waals surface area contributed by atoms with Crippen molar-refractivity contribution in [2.24, 2.45) is 22.7 Å². The fraction of sp³-hybridized carbons (Fsp3) is 0.595. The highest BCUT2D eigenvalue weighted by Gasteiger charge is 2.62. The number of pyridine rings is 2. The normalized spacial score (nSPS) is 19.9. The van der Waals surface area contributed by atoms with Crippen LogP contribution < -0.4 is 26.6 Å². The summed E-state index contributed by atoms with van der Waals surface area (Å²) in [5, 5.41) is 21.3. The lowest BCUT2D eigenvalue weighted by Crippen LogP contribution is -2.49. The van der Waals surface area contributed by atoms with E-state index in [4.69, 9.17) is 5.11 Å². The molecule has 0 radical (unpaired) electrons. The number of aliphatic hydroxyl groups is 1. The van der Waals surface area contributed by atoms with Crippen molar-refractivity contribution in [3.05, 3.63) is 48.0 Å². The van der Waals surface area contributed by atoms with Crippen molar-refractivity contribution < 1.29 is 86.5 Å². The number of carbonyl (C=O) groups excluding carboxylic acids is 5. The van der Waals surface area contributed by atoms with Crippen molar-refractivity contribution in [1.29, 1.82) is 0 Å². The number of halogens is 12. The third-order valence-corrected chi connectivity index (χ3v) is 11.0. The van der Waals surface area contributed by atoms with Crippen LogP contribution >= 0.6 is 0 Å². The Bertz CT molecular complexity index is 1940. The number of piperidine rings is 2. The summed E-state index contributed by atoms with van der Waals surface area (Å²) >= 11 is 0. The average Bonchev–Trinajstić information content (AvgIpc) is 4.13. The van der Waals surface area contributed by atoms with Gasteiger partial charge in [0.25, 0.3) is 17.9 Å². The second-order valence-electron chi connectivity index (χ2n) is 15.3. The predicted octanol–water partition coefficient (Wildman–Crippen LogP) is 5.35. The molecule has 2 aromatic heterocycles. The number of aliphatic hydroxyl groups excluding tert-OH is 1. The Balaban J connectivity index is 0.000000245. The third kappa shape index (κ3) is 13.3. The first-order chi connectivity index (χ1) is 29.6. The SMILES string of the molecule is CNC(=O)c1ccc(NC(=O)C2CC23CCN(C(=O)OC(C(F)(F)F)C(F)(F)F)CC3)cn1.CNC(=O)c1ccc(NC(=O)C2CC23CCNCC3)cn1.OC(C(F)(F)F)C(F)(F)F. The maximum absolute atomic E-state index is 12.6. The second kappa shape index (κ2) is 19.7. The van der Waals surface area contributed by atoms with Gasteiger partial charge in [0, 0.05) is 39.0 Å². The zero-order chi connectivity index (χ0) is 48.1. The van der Waals surface area contributed by atoms with Crippen LogP contribution in [0.15, 0.2) is 36.7 Å². The maximum atomic E-state index is 12.6. The first kappa shape index (κ1) is 51.2. The number of anilines is 2. The molecule has 2 unspecified atom stereocenters. The lowest BCUT2D eigenvalue weighted by atomic mass is 9.91. The van der Waals surface area contributed by atoms with Crippen molar-refractivity contribution in [2.75, 3.05) is 50.9 Å². The Kier molecular flexibility index (Phi) is 15.8. The Morgan fingerprint density at radius 2 is 1.06 bits per heavy atom. The van der Waals surface area contributed by atoms with E-state index in [2.05, 4.69) is 41.3 Å². The quantitative estimate of drug-likeness (QED) is 0.197. The van der Waals surface area contributed by atoms with Gasteiger partial charge in [-0.15, -0.1) is 0 Å². The number of likely N-dealkylation sites (tertiary alicyclic amines) is 1. The van der Waals surface area contributed by atoms with Gasteiger partial charge in [-0.1, -0.05) is 0 Å². The van der Waals surface area contributed by atoms with Gasteiger partial charge in [0.2, 0.25) is 17.9 Å². The molecule has 4 fully saturated rings. The Hall–Kier alpha value is -5.47. The molecule has 15 nitrogen and oxygen atoms in total. The standard InChI is InChI=1S/C19H20F6N4O4.C15H20N4O2.C3H2F6O/c1-26-14(31)12-3-2-10(9-27-12)28-13(30)11-8-17(11)4-6-29(7-5-17)16(32)33-15(18(20,21)22)19(23,24)25;1-16-14(21)12-3-2-10(9-18-12)19-13(20)11-8-15(11)4-6-17-7-5-15;4-2(5,6)1(10)3(7,8)9/h2-3,9,11,15H,4-8H2,1H3,(H,26,31)(H,28,30);2-3,9,11,17H,4-8H2,1H3,(H,16,21)(H,19,20);1,10H. The highest BCUT2D eigenvalue weighted by Crippen LogP contribution is 2.60. The van der Waals surface area contributed by atoms with E-state index in [1.54, 1.807) is 19.2 Å². The number of ether oxygens (including phenoxy) is 1. The van der Waals surface area contributed by atoms with Gasteiger partial charge in [0.1, 0.15) is 11.4 Å². The summed E-state index contributed by atoms with van der Waals surface area (Å²) in [6.07, 6.45) is -26.0. The first-order valence-electron chi connectivity index (χ1n) is 19.2. The van der Waals surface area contributed by atoms with E-state index in [9.17, 15) is 76.7 Å². The highest BCUT2D eigenvalue weighted by molar-refractivity contribution is 5.97. The minimum absolute atomic E-state index is 0.0754. The summed E-state index contributed by atoms with van der Waals surface area (Å²) in [6, 6.07) is 6.26. The number of amides is 5. The number of hydrogen-bond acceptors (Lipinski definition) is 10. The van der Waals surface area contributed by atoms with Crippen LogP contribution in [0, 0.1) is 22.7 Å². The summed E-state index contributed by atoms with van der Waals surface area (Å²) in [5.41, 5.74) is 1.26. The maximum Gasteiger partial charge on any atom is 0.434 e. The van der Waals surface area contributed by atoms with E-state index in [0.717, 1.165) is 37.3 Å². The molecular formula is C37H42F12N8O7. The summed E-state index contributed by atoms with van der Waals surface area (Å²) in [5.74, 6) is -1.17. The van der Waals surface area contributed by atoms with E-state index in [1.165, 1.54) is 31.6 Å². The van der Waals surface area contributed by atoms with E-state index >= 15 is 0 Å². The minimum Gasteiger partial charge on any atom is -0.426 e. The van der Waals surface area contributed by atoms with Crippen molar-refractivity contribution in [2.45, 2.75) is 75.4 Å². The number of carbonyl (C=O) groups is 5. The van der Waals surface area contributed by atoms with Crippen molar-refractivity contribution in [3.8, 4) is 0 Å². The molecule has 4 aliphatic rings. The van der Waals surface area contributed by atoms with Crippen molar-refractivity contribution in [1.82, 2.24) is 30.8 Å². The Labute approximate surface area is 355 Å². The van der Waals surface area contributed by atoms with E-state index < -0.39 is 60.2 Å². The molecular weight excluding hydrogens is 896 g/mol. The topological polar surface area (TPSA) is 204 Å². The van der Waals surface area contributed by atoms with Gasteiger partial charge >= 0.3 is 30.8 Å². The number of nitrogens with zero attached hydrogens (tertiary/aromatic N) is 3. The molecule has 2 saturated heterocycles. The predicted molar refractivity (Wildman–Crippen MR) is 197 cm³/mol. The average molecular weight is 939 g/mol. The second-order valence-corrected chi connectivity index (χ2v) is 15.3. The van der Waals surface area contributed by atoms with E-state index in [-0.39, 0.29) is 60.7 Å². The van der Waals surface area contributed by atoms with Crippen LogP contribution in [-0.2, 0) is 14.3 Å². The van der Waals surface area contributed by atoms with Gasteiger partial charge in [0.05, 0.1) is 23.8 Å². The molecule has 27 heteroatoms. The number of alkyl halides is 12. The van der Waals surface area contributed by atoms with Gasteiger partial charge in [-0.25, -0.2) is 14.8 Å². The highest BCUT2D eigenvalue weighted by atomic mass is 19.4. The van der Waals surface area contributed by atoms with E-state index in [0.29, 0.717) is 23.5 Å². The number of rotatable bonds is 7. The fourth-order valence-corrected chi connectivity index (χ4v) is 7.20. The molecule has 2 spiro atoms. The van der Waals surface area contributed by atoms with Crippen LogP contribution in [0.3, 0.4) is 0 Å². The Morgan fingerprint density at radius 1 is 0.672 bits per heavy atom. The summed E-state index contributed by atoms with van der Waals surface area (Å²) in [6.45, 7) is 1.75. The van der Waals surface area contributed by atoms with Gasteiger partial charge in [-0.05, 0) is 86.7 Å². The van der Waals surface area contributed by atoms with Crippen LogP contribution in [0.25, 0.3) is 0 Å². The van der Waals surface area contributed by atoms with Gasteiger partial charge in [-0.2, -0.15) is 52.7 Å². The minimum atomic E-state index is -5.78. The fourth-order valence-electron chi connectivity index (χ4n) is 7.20. The molecule has 6 rings (SSSR count). The lowest BCUT2D eigenvalue weighted by molar-refractivity contribution is -0.309. The molecule has 4 heterocycles. The molecule has 0 bridgehead atoms. The van der Waals surface area contributed by atoms with Gasteiger partial charge < -0.3 is 41.3 Å². The Morgan fingerprint density at radius 3 is 1.38 bits per heavy atom. The van der Waals surface area contributed by atoms with Crippen LogP contribution in [0.4, 0.5) is 68.9 Å². The van der Waals surface area contributed by atoms with Crippen molar-refractivity contribution in [3.63, 3.8) is 0 Å². The lowest BCUT2D eigenvalue weighted by Gasteiger charge is -2.33. The zero-order valence-electron chi connectivity index (χ0n) is 33.6. The molecule has 0 aromatic carbocycles. The van der Waals surface area contributed by atoms with Crippen LogP contribution in [-0.4, -0.2) is 127 Å². The number of nitrogens with one attached hydrogen (secondary N) is 5.